The molecule has 0 fully saturated rings. The first-order chi connectivity index (χ1) is 7.83. The minimum atomic E-state index is 0.774. The first-order valence-electron chi connectivity index (χ1n) is 5.47. The van der Waals surface area contributed by atoms with E-state index in [2.05, 4.69) is 26.8 Å². The van der Waals surface area contributed by atoms with Gasteiger partial charge in [0.05, 0.1) is 5.69 Å². The molecule has 0 aliphatic heterocycles. The summed E-state index contributed by atoms with van der Waals surface area (Å²) >= 11 is 0. The molecule has 0 radical (unpaired) electrons. The van der Waals surface area contributed by atoms with Crippen LogP contribution in [-0.2, 0) is 13.0 Å². The molecule has 0 unspecified atom stereocenters. The number of rotatable bonds is 4. The van der Waals surface area contributed by atoms with Gasteiger partial charge >= 0.3 is 0 Å². The number of hydrogen-bond donors (Lipinski definition) is 1. The maximum atomic E-state index is 4.48. The molecule has 0 bridgehead atoms. The van der Waals surface area contributed by atoms with E-state index >= 15 is 0 Å². The molecule has 2 heterocycles. The third-order valence-electron chi connectivity index (χ3n) is 2.54. The predicted molar refractivity (Wildman–Crippen MR) is 64.5 cm³/mol. The van der Waals surface area contributed by atoms with Crippen LogP contribution >= 0.6 is 0 Å². The van der Waals surface area contributed by atoms with Crippen LogP contribution in [0.3, 0.4) is 0 Å². The molecule has 0 amide bonds. The Balaban J connectivity index is 2.20. The van der Waals surface area contributed by atoms with E-state index in [0.717, 1.165) is 30.3 Å². The van der Waals surface area contributed by atoms with E-state index in [1.807, 2.05) is 37.6 Å². The van der Waals surface area contributed by atoms with Gasteiger partial charge in [-0.25, -0.2) is 9.97 Å². The first kappa shape index (κ1) is 10.7. The highest BCUT2D eigenvalue weighted by atomic mass is 15.1. The van der Waals surface area contributed by atoms with Gasteiger partial charge in [-0.3, -0.25) is 0 Å². The summed E-state index contributed by atoms with van der Waals surface area (Å²) in [7, 11) is 1.87. The van der Waals surface area contributed by atoms with E-state index in [-0.39, 0.29) is 0 Å². The van der Waals surface area contributed by atoms with Gasteiger partial charge in [0.25, 0.3) is 0 Å². The van der Waals surface area contributed by atoms with Gasteiger partial charge in [0, 0.05) is 32.4 Å². The van der Waals surface area contributed by atoms with E-state index < -0.39 is 0 Å². The molecular weight excluding hydrogens is 200 g/mol. The van der Waals surface area contributed by atoms with Crippen LogP contribution in [0.4, 0.5) is 5.82 Å². The van der Waals surface area contributed by atoms with Crippen LogP contribution in [0.1, 0.15) is 18.4 Å². The van der Waals surface area contributed by atoms with Crippen LogP contribution in [0.15, 0.2) is 30.6 Å². The van der Waals surface area contributed by atoms with E-state index in [4.69, 9.17) is 0 Å². The summed E-state index contributed by atoms with van der Waals surface area (Å²) in [4.78, 5) is 8.82. The van der Waals surface area contributed by atoms with Crippen molar-refractivity contribution in [3.8, 4) is 0 Å². The lowest BCUT2D eigenvalue weighted by Gasteiger charge is -2.05. The Morgan fingerprint density at radius 3 is 3.00 bits per heavy atom. The Morgan fingerprint density at radius 1 is 1.38 bits per heavy atom. The van der Waals surface area contributed by atoms with Crippen molar-refractivity contribution in [2.24, 2.45) is 0 Å². The molecule has 84 valence electrons. The molecule has 0 saturated heterocycles. The summed E-state index contributed by atoms with van der Waals surface area (Å²) < 4.78 is 2.13. The average molecular weight is 216 g/mol. The molecule has 2 aromatic rings. The lowest BCUT2D eigenvalue weighted by Crippen LogP contribution is -2.04. The fraction of sp³-hybridized carbons (Fsp3) is 0.333. The number of anilines is 1. The van der Waals surface area contributed by atoms with Crippen molar-refractivity contribution in [1.29, 1.82) is 0 Å². The third kappa shape index (κ3) is 2.21. The summed E-state index contributed by atoms with van der Waals surface area (Å²) in [5.41, 5.74) is 1.03. The number of aromatic nitrogens is 3. The zero-order chi connectivity index (χ0) is 11.4. The van der Waals surface area contributed by atoms with Crippen LogP contribution in [0.25, 0.3) is 0 Å². The van der Waals surface area contributed by atoms with Gasteiger partial charge < -0.3 is 9.88 Å². The number of nitrogens with one attached hydrogen (secondary N) is 1. The van der Waals surface area contributed by atoms with Crippen LogP contribution in [0, 0.1) is 0 Å². The largest absolute Gasteiger partial charge is 0.373 e. The van der Waals surface area contributed by atoms with Crippen molar-refractivity contribution >= 4 is 5.82 Å². The summed E-state index contributed by atoms with van der Waals surface area (Å²) in [5, 5.41) is 3.04. The molecule has 16 heavy (non-hydrogen) atoms. The van der Waals surface area contributed by atoms with Crippen molar-refractivity contribution in [2.75, 3.05) is 12.4 Å². The van der Waals surface area contributed by atoms with Gasteiger partial charge in [-0.05, 0) is 19.1 Å². The average Bonchev–Trinajstić information content (AvgIpc) is 2.76. The van der Waals surface area contributed by atoms with Crippen molar-refractivity contribution in [3.05, 3.63) is 42.1 Å². The fourth-order valence-corrected chi connectivity index (χ4v) is 1.67. The van der Waals surface area contributed by atoms with Gasteiger partial charge in [-0.15, -0.1) is 0 Å². The molecular formula is C12H16N4. The fourth-order valence-electron chi connectivity index (χ4n) is 1.67. The molecule has 0 atom stereocenters. The van der Waals surface area contributed by atoms with E-state index in [0.29, 0.717) is 0 Å². The molecule has 0 aliphatic rings. The van der Waals surface area contributed by atoms with E-state index in [1.165, 1.54) is 0 Å². The van der Waals surface area contributed by atoms with Crippen LogP contribution in [0.2, 0.25) is 0 Å². The Hall–Kier alpha value is -1.84. The van der Waals surface area contributed by atoms with Crippen molar-refractivity contribution in [2.45, 2.75) is 19.9 Å². The summed E-state index contributed by atoms with van der Waals surface area (Å²) in [6.45, 7) is 3.06. The summed E-state index contributed by atoms with van der Waals surface area (Å²) in [5.74, 6) is 1.95. The minimum absolute atomic E-state index is 0.774. The second-order valence-electron chi connectivity index (χ2n) is 3.57. The second kappa shape index (κ2) is 4.79. The second-order valence-corrected chi connectivity index (χ2v) is 3.57. The van der Waals surface area contributed by atoms with Crippen LogP contribution < -0.4 is 5.32 Å². The molecule has 0 aliphatic carbocycles. The molecule has 0 spiro atoms. The van der Waals surface area contributed by atoms with E-state index in [1.54, 1.807) is 0 Å². The van der Waals surface area contributed by atoms with Crippen molar-refractivity contribution < 1.29 is 0 Å². The highest BCUT2D eigenvalue weighted by Gasteiger charge is 2.04. The molecule has 4 heteroatoms. The third-order valence-corrected chi connectivity index (χ3v) is 2.54. The number of pyridine rings is 1. The Labute approximate surface area is 95.4 Å². The number of nitrogens with zero attached hydrogens (tertiary/aromatic N) is 3. The number of hydrogen-bond acceptors (Lipinski definition) is 3. The molecule has 2 aromatic heterocycles. The SMILES string of the molecule is CCn1ccnc1Cc1cccc(NC)n1. The van der Waals surface area contributed by atoms with Gasteiger partial charge in [-0.1, -0.05) is 6.07 Å². The zero-order valence-electron chi connectivity index (χ0n) is 9.64. The smallest absolute Gasteiger partial charge is 0.125 e. The Bertz CT molecular complexity index is 462. The van der Waals surface area contributed by atoms with Gasteiger partial charge in [0.1, 0.15) is 11.6 Å². The zero-order valence-corrected chi connectivity index (χ0v) is 9.64. The standard InChI is InChI=1S/C12H16N4/c1-3-16-8-7-14-12(16)9-10-5-4-6-11(13-2)15-10/h4-8H,3,9H2,1-2H3,(H,13,15). The maximum absolute atomic E-state index is 4.48. The van der Waals surface area contributed by atoms with Crippen LogP contribution in [0.5, 0.6) is 0 Å². The highest BCUT2D eigenvalue weighted by Crippen LogP contribution is 2.09. The van der Waals surface area contributed by atoms with Crippen LogP contribution in [-0.4, -0.2) is 21.6 Å². The first-order valence-corrected chi connectivity index (χ1v) is 5.47. The predicted octanol–water partition coefficient (Wildman–Crippen LogP) is 1.93. The van der Waals surface area contributed by atoms with Gasteiger partial charge in [0.2, 0.25) is 0 Å². The molecule has 0 saturated carbocycles. The maximum Gasteiger partial charge on any atom is 0.125 e. The molecule has 1 N–H and O–H groups in total. The van der Waals surface area contributed by atoms with E-state index in [9.17, 15) is 0 Å². The normalized spacial score (nSPS) is 10.4. The quantitative estimate of drug-likeness (QED) is 0.849. The number of imidazole rings is 1. The molecule has 4 nitrogen and oxygen atoms in total. The minimum Gasteiger partial charge on any atom is -0.373 e. The Morgan fingerprint density at radius 2 is 2.25 bits per heavy atom. The highest BCUT2D eigenvalue weighted by molar-refractivity contribution is 5.34. The lowest BCUT2D eigenvalue weighted by molar-refractivity contribution is 0.708. The van der Waals surface area contributed by atoms with Gasteiger partial charge in [0.15, 0.2) is 0 Å². The topological polar surface area (TPSA) is 42.7 Å². The lowest BCUT2D eigenvalue weighted by atomic mass is 10.2. The van der Waals surface area contributed by atoms with Crippen molar-refractivity contribution in [1.82, 2.24) is 14.5 Å². The van der Waals surface area contributed by atoms with Gasteiger partial charge in [-0.2, -0.15) is 0 Å². The monoisotopic (exact) mass is 216 g/mol. The van der Waals surface area contributed by atoms with Crippen molar-refractivity contribution in [3.63, 3.8) is 0 Å². The molecule has 2 rings (SSSR count). The summed E-state index contributed by atoms with van der Waals surface area (Å²) in [6, 6.07) is 5.98. The molecule has 0 aromatic carbocycles. The number of aryl methyl sites for hydroxylation is 1. The summed E-state index contributed by atoms with van der Waals surface area (Å²) in [6.07, 6.45) is 4.61. The Kier molecular flexibility index (Phi) is 3.19.